The Balaban J connectivity index is 1.71. The zero-order chi connectivity index (χ0) is 24.8. The summed E-state index contributed by atoms with van der Waals surface area (Å²) in [6.07, 6.45) is 0.377. The Labute approximate surface area is 201 Å². The molecule has 1 aromatic heterocycles. The van der Waals surface area contributed by atoms with Gasteiger partial charge in [-0.2, -0.15) is 0 Å². The maximum absolute atomic E-state index is 14.2. The Morgan fingerprint density at radius 1 is 0.943 bits per heavy atom. The standard InChI is InChI=1S/C28H25F2NO4/c1-2-34-27(33)17-31-21(12-11-20-9-6-10-24(29)28(20)30)15-26(32)23-14-13-22(16-25(23)31)35-18-19-7-4-3-5-8-19/h3-10,13-16H,2,11-12,17-18H2,1H3. The quantitative estimate of drug-likeness (QED) is 0.311. The largest absolute Gasteiger partial charge is 0.489 e. The van der Waals surface area contributed by atoms with Crippen LogP contribution in [0, 0.1) is 11.6 Å². The molecule has 35 heavy (non-hydrogen) atoms. The van der Waals surface area contributed by atoms with E-state index in [1.54, 1.807) is 29.7 Å². The van der Waals surface area contributed by atoms with Crippen LogP contribution in [0.1, 0.15) is 23.7 Å². The van der Waals surface area contributed by atoms with Crippen molar-refractivity contribution in [1.29, 1.82) is 0 Å². The van der Waals surface area contributed by atoms with Crippen LogP contribution < -0.4 is 10.2 Å². The van der Waals surface area contributed by atoms with E-state index in [-0.39, 0.29) is 37.0 Å². The fourth-order valence-corrected chi connectivity index (χ4v) is 3.97. The number of ether oxygens (including phenoxy) is 2. The maximum atomic E-state index is 14.2. The van der Waals surface area contributed by atoms with Crippen molar-refractivity contribution in [2.45, 2.75) is 32.9 Å². The SMILES string of the molecule is CCOC(=O)Cn1c(CCc2cccc(F)c2F)cc(=O)c2ccc(OCc3ccccc3)cc21. The minimum atomic E-state index is -0.926. The summed E-state index contributed by atoms with van der Waals surface area (Å²) in [6, 6.07) is 20.2. The van der Waals surface area contributed by atoms with Gasteiger partial charge in [-0.25, -0.2) is 8.78 Å². The van der Waals surface area contributed by atoms with Crippen molar-refractivity contribution in [2.75, 3.05) is 6.61 Å². The number of halogens is 2. The third-order valence-electron chi connectivity index (χ3n) is 5.69. The van der Waals surface area contributed by atoms with Crippen molar-refractivity contribution in [3.63, 3.8) is 0 Å². The van der Waals surface area contributed by atoms with Crippen LogP contribution in [0.3, 0.4) is 0 Å². The Hall–Kier alpha value is -4.00. The molecule has 0 unspecified atom stereocenters. The second kappa shape index (κ2) is 11.0. The van der Waals surface area contributed by atoms with Gasteiger partial charge in [-0.3, -0.25) is 9.59 Å². The lowest BCUT2D eigenvalue weighted by Gasteiger charge is -2.17. The van der Waals surface area contributed by atoms with E-state index >= 15 is 0 Å². The lowest BCUT2D eigenvalue weighted by atomic mass is 10.0. The molecule has 0 fully saturated rings. The van der Waals surface area contributed by atoms with E-state index in [0.717, 1.165) is 11.6 Å². The summed E-state index contributed by atoms with van der Waals surface area (Å²) < 4.78 is 40.6. The van der Waals surface area contributed by atoms with Crippen molar-refractivity contribution >= 4 is 16.9 Å². The molecule has 0 saturated carbocycles. The first-order chi connectivity index (χ1) is 17.0. The first-order valence-corrected chi connectivity index (χ1v) is 11.4. The second-order valence-electron chi connectivity index (χ2n) is 8.06. The zero-order valence-corrected chi connectivity index (χ0v) is 19.3. The highest BCUT2D eigenvalue weighted by atomic mass is 19.2. The lowest BCUT2D eigenvalue weighted by Crippen LogP contribution is -2.21. The van der Waals surface area contributed by atoms with Crippen LogP contribution in [0.15, 0.2) is 77.6 Å². The average molecular weight is 478 g/mol. The van der Waals surface area contributed by atoms with Gasteiger partial charge in [-0.05, 0) is 49.1 Å². The van der Waals surface area contributed by atoms with Crippen LogP contribution in [-0.4, -0.2) is 17.1 Å². The smallest absolute Gasteiger partial charge is 0.325 e. The van der Waals surface area contributed by atoms with Gasteiger partial charge in [0.15, 0.2) is 17.1 Å². The molecule has 3 aromatic carbocycles. The number of benzene rings is 3. The van der Waals surface area contributed by atoms with Crippen LogP contribution in [0.5, 0.6) is 5.75 Å². The molecule has 0 atom stereocenters. The van der Waals surface area contributed by atoms with Gasteiger partial charge in [-0.1, -0.05) is 42.5 Å². The minimum absolute atomic E-state index is 0.131. The van der Waals surface area contributed by atoms with E-state index in [1.807, 2.05) is 30.3 Å². The summed E-state index contributed by atoms with van der Waals surface area (Å²) in [7, 11) is 0. The van der Waals surface area contributed by atoms with Crippen LogP contribution >= 0.6 is 0 Å². The van der Waals surface area contributed by atoms with E-state index in [0.29, 0.717) is 29.0 Å². The van der Waals surface area contributed by atoms with Gasteiger partial charge < -0.3 is 14.0 Å². The van der Waals surface area contributed by atoms with Gasteiger partial charge in [0.05, 0.1) is 12.1 Å². The first kappa shape index (κ1) is 24.1. The molecule has 0 bridgehead atoms. The molecule has 0 aliphatic carbocycles. The molecule has 0 aliphatic rings. The third-order valence-corrected chi connectivity index (χ3v) is 5.69. The average Bonchev–Trinajstić information content (AvgIpc) is 2.86. The molecule has 5 nitrogen and oxygen atoms in total. The van der Waals surface area contributed by atoms with E-state index in [9.17, 15) is 18.4 Å². The molecule has 0 aliphatic heterocycles. The van der Waals surface area contributed by atoms with Gasteiger partial charge in [0.2, 0.25) is 0 Å². The molecular weight excluding hydrogens is 452 g/mol. The summed E-state index contributed by atoms with van der Waals surface area (Å²) in [5.74, 6) is -1.77. The minimum Gasteiger partial charge on any atom is -0.489 e. The molecule has 7 heteroatoms. The topological polar surface area (TPSA) is 57.5 Å². The van der Waals surface area contributed by atoms with Crippen LogP contribution in [0.2, 0.25) is 0 Å². The molecule has 1 heterocycles. The Morgan fingerprint density at radius 2 is 1.74 bits per heavy atom. The zero-order valence-electron chi connectivity index (χ0n) is 19.3. The molecule has 0 saturated heterocycles. The molecule has 180 valence electrons. The van der Waals surface area contributed by atoms with E-state index in [4.69, 9.17) is 9.47 Å². The summed E-state index contributed by atoms with van der Waals surface area (Å²) >= 11 is 0. The highest BCUT2D eigenvalue weighted by Gasteiger charge is 2.16. The Morgan fingerprint density at radius 3 is 2.51 bits per heavy atom. The lowest BCUT2D eigenvalue weighted by molar-refractivity contribution is -0.143. The number of esters is 1. The van der Waals surface area contributed by atoms with Crippen LogP contribution in [0.25, 0.3) is 10.9 Å². The van der Waals surface area contributed by atoms with Crippen LogP contribution in [0.4, 0.5) is 8.78 Å². The van der Waals surface area contributed by atoms with Crippen LogP contribution in [-0.2, 0) is 35.5 Å². The van der Waals surface area contributed by atoms with Gasteiger partial charge in [0, 0.05) is 23.2 Å². The van der Waals surface area contributed by atoms with Gasteiger partial charge in [0.1, 0.15) is 18.9 Å². The monoisotopic (exact) mass is 477 g/mol. The molecule has 0 N–H and O–H groups in total. The molecule has 0 amide bonds. The second-order valence-corrected chi connectivity index (χ2v) is 8.06. The summed E-state index contributed by atoms with van der Waals surface area (Å²) in [5, 5.41) is 0.419. The summed E-state index contributed by atoms with van der Waals surface area (Å²) in [6.45, 7) is 2.14. The molecule has 4 aromatic rings. The fraction of sp³-hybridized carbons (Fsp3) is 0.214. The van der Waals surface area contributed by atoms with Gasteiger partial charge >= 0.3 is 5.97 Å². The number of carbonyl (C=O) groups excluding carboxylic acids is 1. The first-order valence-electron chi connectivity index (χ1n) is 11.4. The number of nitrogens with zero attached hydrogens (tertiary/aromatic N) is 1. The van der Waals surface area contributed by atoms with E-state index in [1.165, 1.54) is 18.2 Å². The molecular formula is C28H25F2NO4. The highest BCUT2D eigenvalue weighted by Crippen LogP contribution is 2.23. The highest BCUT2D eigenvalue weighted by molar-refractivity contribution is 5.82. The normalized spacial score (nSPS) is 10.9. The molecule has 4 rings (SSSR count). The van der Waals surface area contributed by atoms with Crippen molar-refractivity contribution < 1.29 is 23.0 Å². The van der Waals surface area contributed by atoms with Crippen molar-refractivity contribution in [3.8, 4) is 5.75 Å². The number of pyridine rings is 1. The maximum Gasteiger partial charge on any atom is 0.325 e. The van der Waals surface area contributed by atoms with Crippen molar-refractivity contribution in [3.05, 3.63) is 111 Å². The molecule has 0 radical (unpaired) electrons. The summed E-state index contributed by atoms with van der Waals surface area (Å²) in [4.78, 5) is 25.3. The van der Waals surface area contributed by atoms with Gasteiger partial charge in [-0.15, -0.1) is 0 Å². The predicted octanol–water partition coefficient (Wildman–Crippen LogP) is 5.21. The number of rotatable bonds is 9. The van der Waals surface area contributed by atoms with Crippen molar-refractivity contribution in [1.82, 2.24) is 4.57 Å². The number of carbonyl (C=O) groups is 1. The van der Waals surface area contributed by atoms with E-state index < -0.39 is 17.6 Å². The number of aryl methyl sites for hydroxylation is 2. The number of hydrogen-bond acceptors (Lipinski definition) is 4. The third kappa shape index (κ3) is 5.74. The van der Waals surface area contributed by atoms with Crippen molar-refractivity contribution in [2.24, 2.45) is 0 Å². The number of fused-ring (bicyclic) bond motifs is 1. The summed E-state index contributed by atoms with van der Waals surface area (Å²) in [5.41, 5.74) is 1.97. The Bertz CT molecular complexity index is 1400. The van der Waals surface area contributed by atoms with E-state index in [2.05, 4.69) is 0 Å². The predicted molar refractivity (Wildman–Crippen MR) is 129 cm³/mol. The van der Waals surface area contributed by atoms with Gasteiger partial charge in [0.25, 0.3) is 0 Å². The Kier molecular flexibility index (Phi) is 7.55. The molecule has 0 spiro atoms. The number of hydrogen-bond donors (Lipinski definition) is 0. The number of aromatic nitrogens is 1. The fourth-order valence-electron chi connectivity index (χ4n) is 3.97.